The number of ether oxygens (including phenoxy) is 1. The lowest BCUT2D eigenvalue weighted by atomic mass is 10.3. The summed E-state index contributed by atoms with van der Waals surface area (Å²) in [5.41, 5.74) is 6.90. The molecule has 2 rings (SSSR count). The fourth-order valence-corrected chi connectivity index (χ4v) is 1.74. The predicted molar refractivity (Wildman–Crippen MR) is 78.8 cm³/mol. The van der Waals surface area contributed by atoms with Crippen molar-refractivity contribution in [1.82, 2.24) is 4.98 Å². The number of carbonyl (C=O) groups excluding carboxylic acids is 1. The average molecular weight is 292 g/mol. The molecule has 2 aromatic rings. The molecule has 1 aromatic heterocycles. The summed E-state index contributed by atoms with van der Waals surface area (Å²) < 4.78 is 5.39. The molecule has 0 aliphatic carbocycles. The fraction of sp³-hybridized carbons (Fsp3) is 0.143. The van der Waals surface area contributed by atoms with E-state index in [0.717, 1.165) is 0 Å². The zero-order valence-electron chi connectivity index (χ0n) is 10.7. The molecule has 6 heteroatoms. The Bertz CT molecular complexity index is 604. The largest absolute Gasteiger partial charge is 0.491 e. The number of nitrogen functional groups attached to an aromatic ring is 1. The minimum atomic E-state index is -0.148. The molecule has 0 radical (unpaired) electrons. The summed E-state index contributed by atoms with van der Waals surface area (Å²) in [6.45, 7) is 0.246. The number of rotatable bonds is 5. The molecule has 0 unspecified atom stereocenters. The molecule has 0 saturated carbocycles. The van der Waals surface area contributed by atoms with E-state index in [1.165, 1.54) is 6.20 Å². The molecule has 0 bridgehead atoms. The molecule has 0 aliphatic heterocycles. The van der Waals surface area contributed by atoms with Crippen LogP contribution in [0.15, 0.2) is 42.7 Å². The first-order valence-electron chi connectivity index (χ1n) is 6.02. The van der Waals surface area contributed by atoms with Crippen molar-refractivity contribution in [2.75, 3.05) is 17.7 Å². The van der Waals surface area contributed by atoms with E-state index in [2.05, 4.69) is 10.3 Å². The van der Waals surface area contributed by atoms with Gasteiger partial charge in [0.15, 0.2) is 0 Å². The first-order chi connectivity index (χ1) is 9.63. The third-order valence-corrected chi connectivity index (χ3v) is 2.65. The van der Waals surface area contributed by atoms with Crippen LogP contribution in [0.5, 0.6) is 5.75 Å². The third-order valence-electron chi connectivity index (χ3n) is 2.45. The Labute approximate surface area is 121 Å². The van der Waals surface area contributed by atoms with Crippen molar-refractivity contribution in [3.05, 3.63) is 47.7 Å². The van der Waals surface area contributed by atoms with Crippen LogP contribution < -0.4 is 15.8 Å². The minimum absolute atomic E-state index is 0.148. The molecular formula is C14H14ClN3O2. The number of carbonyl (C=O) groups is 1. The van der Waals surface area contributed by atoms with Crippen LogP contribution in [0.25, 0.3) is 0 Å². The molecule has 20 heavy (non-hydrogen) atoms. The van der Waals surface area contributed by atoms with Crippen LogP contribution in [0.3, 0.4) is 0 Å². The Morgan fingerprint density at radius 2 is 2.20 bits per heavy atom. The van der Waals surface area contributed by atoms with Gasteiger partial charge in [0, 0.05) is 23.6 Å². The second-order valence-corrected chi connectivity index (χ2v) is 4.55. The second-order valence-electron chi connectivity index (χ2n) is 4.11. The molecule has 0 spiro atoms. The molecule has 0 saturated heterocycles. The minimum Gasteiger partial charge on any atom is -0.491 e. The Balaban J connectivity index is 1.78. The van der Waals surface area contributed by atoms with Gasteiger partial charge in [-0.25, -0.2) is 0 Å². The van der Waals surface area contributed by atoms with Gasteiger partial charge in [-0.05, 0) is 18.2 Å². The highest BCUT2D eigenvalue weighted by molar-refractivity contribution is 6.30. The number of hydrogen-bond acceptors (Lipinski definition) is 4. The lowest BCUT2D eigenvalue weighted by Gasteiger charge is -2.07. The summed E-state index contributed by atoms with van der Waals surface area (Å²) in [4.78, 5) is 15.6. The molecular weight excluding hydrogens is 278 g/mol. The average Bonchev–Trinajstić information content (AvgIpc) is 2.38. The number of pyridine rings is 1. The van der Waals surface area contributed by atoms with Crippen molar-refractivity contribution in [2.24, 2.45) is 0 Å². The fourth-order valence-electron chi connectivity index (χ4n) is 1.57. The van der Waals surface area contributed by atoms with E-state index in [4.69, 9.17) is 22.1 Å². The maximum atomic E-state index is 11.7. The van der Waals surface area contributed by atoms with Gasteiger partial charge in [-0.15, -0.1) is 0 Å². The summed E-state index contributed by atoms with van der Waals surface area (Å²) in [5.74, 6) is 0.389. The number of aromatic nitrogens is 1. The molecule has 1 heterocycles. The van der Waals surface area contributed by atoms with Gasteiger partial charge in [0.25, 0.3) is 0 Å². The SMILES string of the molecule is Nc1cccc(NC(=O)CCOc2cncc(Cl)c2)c1. The zero-order valence-corrected chi connectivity index (χ0v) is 11.4. The first-order valence-corrected chi connectivity index (χ1v) is 6.40. The van der Waals surface area contributed by atoms with Gasteiger partial charge < -0.3 is 15.8 Å². The van der Waals surface area contributed by atoms with Gasteiger partial charge in [0.05, 0.1) is 24.2 Å². The number of nitrogens with one attached hydrogen (secondary N) is 1. The van der Waals surface area contributed by atoms with Crippen LogP contribution in [0, 0.1) is 0 Å². The highest BCUT2D eigenvalue weighted by Gasteiger charge is 2.03. The number of benzene rings is 1. The topological polar surface area (TPSA) is 77.2 Å². The maximum Gasteiger partial charge on any atom is 0.227 e. The van der Waals surface area contributed by atoms with E-state index in [1.807, 2.05) is 0 Å². The summed E-state index contributed by atoms with van der Waals surface area (Å²) >= 11 is 5.77. The number of hydrogen-bond donors (Lipinski definition) is 2. The van der Waals surface area contributed by atoms with E-state index in [-0.39, 0.29) is 18.9 Å². The van der Waals surface area contributed by atoms with Gasteiger partial charge in [0.2, 0.25) is 5.91 Å². The molecule has 0 fully saturated rings. The molecule has 104 valence electrons. The monoisotopic (exact) mass is 291 g/mol. The molecule has 3 N–H and O–H groups in total. The second kappa shape index (κ2) is 6.77. The number of nitrogens with two attached hydrogens (primary N) is 1. The Kier molecular flexibility index (Phi) is 4.79. The van der Waals surface area contributed by atoms with Crippen LogP contribution >= 0.6 is 11.6 Å². The van der Waals surface area contributed by atoms with E-state index >= 15 is 0 Å². The molecule has 1 aromatic carbocycles. The third kappa shape index (κ3) is 4.44. The summed E-state index contributed by atoms with van der Waals surface area (Å²) in [6.07, 6.45) is 3.28. The number of nitrogens with zero attached hydrogens (tertiary/aromatic N) is 1. The number of halogens is 1. The van der Waals surface area contributed by atoms with Crippen LogP contribution in [-0.4, -0.2) is 17.5 Å². The zero-order chi connectivity index (χ0) is 14.4. The Morgan fingerprint density at radius 1 is 1.35 bits per heavy atom. The van der Waals surface area contributed by atoms with Crippen LogP contribution in [-0.2, 0) is 4.79 Å². The predicted octanol–water partition coefficient (Wildman–Crippen LogP) is 2.72. The van der Waals surface area contributed by atoms with Crippen molar-refractivity contribution in [3.63, 3.8) is 0 Å². The van der Waals surface area contributed by atoms with E-state index in [1.54, 1.807) is 36.5 Å². The smallest absolute Gasteiger partial charge is 0.227 e. The van der Waals surface area contributed by atoms with Crippen molar-refractivity contribution < 1.29 is 9.53 Å². The van der Waals surface area contributed by atoms with Crippen LogP contribution in [0.1, 0.15) is 6.42 Å². The van der Waals surface area contributed by atoms with Gasteiger partial charge in [0.1, 0.15) is 5.75 Å². The van der Waals surface area contributed by atoms with E-state index in [0.29, 0.717) is 22.1 Å². The van der Waals surface area contributed by atoms with Crippen molar-refractivity contribution in [2.45, 2.75) is 6.42 Å². The van der Waals surface area contributed by atoms with Gasteiger partial charge in [-0.1, -0.05) is 17.7 Å². The quantitative estimate of drug-likeness (QED) is 0.830. The van der Waals surface area contributed by atoms with E-state index in [9.17, 15) is 4.79 Å². The van der Waals surface area contributed by atoms with Gasteiger partial charge in [-0.2, -0.15) is 0 Å². The standard InChI is InChI=1S/C14H14ClN3O2/c15-10-6-13(9-17-8-10)20-5-4-14(19)18-12-3-1-2-11(16)7-12/h1-3,6-9H,4-5,16H2,(H,18,19). The van der Waals surface area contributed by atoms with Crippen molar-refractivity contribution in [3.8, 4) is 5.75 Å². The van der Waals surface area contributed by atoms with Crippen molar-refractivity contribution in [1.29, 1.82) is 0 Å². The van der Waals surface area contributed by atoms with Crippen LogP contribution in [0.4, 0.5) is 11.4 Å². The summed E-state index contributed by atoms with van der Waals surface area (Å²) in [6, 6.07) is 8.64. The van der Waals surface area contributed by atoms with Crippen LogP contribution in [0.2, 0.25) is 5.02 Å². The van der Waals surface area contributed by atoms with E-state index < -0.39 is 0 Å². The Hall–Kier alpha value is -2.27. The molecule has 1 amide bonds. The molecule has 0 atom stereocenters. The lowest BCUT2D eigenvalue weighted by Crippen LogP contribution is -2.15. The Morgan fingerprint density at radius 3 is 2.95 bits per heavy atom. The molecule has 5 nitrogen and oxygen atoms in total. The molecule has 0 aliphatic rings. The highest BCUT2D eigenvalue weighted by atomic mass is 35.5. The first kappa shape index (κ1) is 14.1. The van der Waals surface area contributed by atoms with Gasteiger partial charge >= 0.3 is 0 Å². The normalized spacial score (nSPS) is 10.1. The van der Waals surface area contributed by atoms with Gasteiger partial charge in [-0.3, -0.25) is 9.78 Å². The maximum absolute atomic E-state index is 11.7. The lowest BCUT2D eigenvalue weighted by molar-refractivity contribution is -0.116. The summed E-state index contributed by atoms with van der Waals surface area (Å²) in [5, 5.41) is 3.23. The van der Waals surface area contributed by atoms with Crippen molar-refractivity contribution >= 4 is 28.9 Å². The number of anilines is 2. The number of amides is 1. The highest BCUT2D eigenvalue weighted by Crippen LogP contribution is 2.15. The summed E-state index contributed by atoms with van der Waals surface area (Å²) in [7, 11) is 0.